The maximum absolute atomic E-state index is 12.1. The van der Waals surface area contributed by atoms with Crippen molar-refractivity contribution >= 4 is 29.1 Å². The number of benzene rings is 1. The summed E-state index contributed by atoms with van der Waals surface area (Å²) >= 11 is 11.8. The molecular formula is C14H17Cl2NO. The second-order valence-electron chi connectivity index (χ2n) is 4.82. The summed E-state index contributed by atoms with van der Waals surface area (Å²) < 4.78 is 0. The highest BCUT2D eigenvalue weighted by Gasteiger charge is 2.16. The van der Waals surface area contributed by atoms with Crippen molar-refractivity contribution in [2.24, 2.45) is 0 Å². The zero-order chi connectivity index (χ0) is 13.0. The Bertz CT molecular complexity index is 406. The van der Waals surface area contributed by atoms with Crippen LogP contribution in [0, 0.1) is 0 Å². The molecule has 1 aromatic carbocycles. The maximum atomic E-state index is 12.1. The Balaban J connectivity index is 2.01. The highest BCUT2D eigenvalue weighted by atomic mass is 35.5. The lowest BCUT2D eigenvalue weighted by molar-refractivity contribution is 0.0933. The van der Waals surface area contributed by atoms with Gasteiger partial charge in [-0.3, -0.25) is 4.79 Å². The minimum Gasteiger partial charge on any atom is -0.349 e. The lowest BCUT2D eigenvalue weighted by atomic mass is 10.1. The van der Waals surface area contributed by atoms with Crippen molar-refractivity contribution in [1.29, 1.82) is 0 Å². The third-order valence-electron chi connectivity index (χ3n) is 3.32. The molecule has 0 spiro atoms. The van der Waals surface area contributed by atoms with E-state index in [1.807, 2.05) is 0 Å². The predicted octanol–water partition coefficient (Wildman–Crippen LogP) is 4.45. The summed E-state index contributed by atoms with van der Waals surface area (Å²) in [4.78, 5) is 12.1. The fourth-order valence-corrected chi connectivity index (χ4v) is 2.90. The smallest absolute Gasteiger partial charge is 0.251 e. The van der Waals surface area contributed by atoms with Gasteiger partial charge in [0, 0.05) is 21.7 Å². The fourth-order valence-electron chi connectivity index (χ4n) is 2.38. The van der Waals surface area contributed by atoms with Crippen molar-refractivity contribution in [2.75, 3.05) is 0 Å². The van der Waals surface area contributed by atoms with Gasteiger partial charge in [0.05, 0.1) is 0 Å². The molecule has 2 rings (SSSR count). The number of rotatable bonds is 2. The molecular weight excluding hydrogens is 269 g/mol. The van der Waals surface area contributed by atoms with E-state index in [1.54, 1.807) is 18.2 Å². The Kier molecular flexibility index (Phi) is 4.90. The number of amides is 1. The molecule has 0 unspecified atom stereocenters. The van der Waals surface area contributed by atoms with Crippen molar-refractivity contribution in [2.45, 2.75) is 44.6 Å². The predicted molar refractivity (Wildman–Crippen MR) is 75.4 cm³/mol. The first-order valence-electron chi connectivity index (χ1n) is 6.42. The van der Waals surface area contributed by atoms with Gasteiger partial charge in [0.15, 0.2) is 0 Å². The van der Waals surface area contributed by atoms with E-state index in [9.17, 15) is 4.79 Å². The molecule has 0 heterocycles. The van der Waals surface area contributed by atoms with Gasteiger partial charge in [-0.25, -0.2) is 0 Å². The molecule has 1 aliphatic rings. The quantitative estimate of drug-likeness (QED) is 0.800. The van der Waals surface area contributed by atoms with E-state index in [1.165, 1.54) is 25.7 Å². The van der Waals surface area contributed by atoms with E-state index in [-0.39, 0.29) is 11.9 Å². The monoisotopic (exact) mass is 285 g/mol. The average Bonchev–Trinajstić information content (AvgIpc) is 2.56. The zero-order valence-corrected chi connectivity index (χ0v) is 11.7. The SMILES string of the molecule is O=C(NC1CCCCCC1)c1cc(Cl)cc(Cl)c1. The standard InChI is InChI=1S/C14H17Cl2NO/c15-11-7-10(8-12(16)9-11)14(18)17-13-5-3-1-2-4-6-13/h7-9,13H,1-6H2,(H,17,18). The molecule has 2 nitrogen and oxygen atoms in total. The number of carbonyl (C=O) groups is 1. The van der Waals surface area contributed by atoms with Gasteiger partial charge in [-0.05, 0) is 31.0 Å². The number of halogens is 2. The summed E-state index contributed by atoms with van der Waals surface area (Å²) in [5.74, 6) is -0.0775. The highest BCUT2D eigenvalue weighted by molar-refractivity contribution is 6.35. The van der Waals surface area contributed by atoms with Crippen LogP contribution in [0.5, 0.6) is 0 Å². The normalized spacial score (nSPS) is 17.2. The lowest BCUT2D eigenvalue weighted by Crippen LogP contribution is -2.34. The van der Waals surface area contributed by atoms with Crippen LogP contribution in [0.1, 0.15) is 48.9 Å². The van der Waals surface area contributed by atoms with Gasteiger partial charge in [-0.2, -0.15) is 0 Å². The van der Waals surface area contributed by atoms with E-state index in [0.717, 1.165) is 12.8 Å². The van der Waals surface area contributed by atoms with Crippen molar-refractivity contribution in [1.82, 2.24) is 5.32 Å². The Hall–Kier alpha value is -0.730. The van der Waals surface area contributed by atoms with Crippen LogP contribution in [0.3, 0.4) is 0 Å². The molecule has 0 aromatic heterocycles. The van der Waals surface area contributed by atoms with Crippen molar-refractivity contribution in [3.8, 4) is 0 Å². The summed E-state index contributed by atoms with van der Waals surface area (Å²) in [6.07, 6.45) is 7.08. The molecule has 0 saturated heterocycles. The molecule has 0 aliphatic heterocycles. The summed E-state index contributed by atoms with van der Waals surface area (Å²) in [6.45, 7) is 0. The second kappa shape index (κ2) is 6.44. The molecule has 1 amide bonds. The number of hydrogen-bond donors (Lipinski definition) is 1. The van der Waals surface area contributed by atoms with E-state index in [2.05, 4.69) is 5.32 Å². The largest absolute Gasteiger partial charge is 0.349 e. The molecule has 1 aliphatic carbocycles. The molecule has 1 N–H and O–H groups in total. The van der Waals surface area contributed by atoms with Crippen LogP contribution in [0.15, 0.2) is 18.2 Å². The molecule has 18 heavy (non-hydrogen) atoms. The third kappa shape index (κ3) is 3.89. The number of nitrogens with one attached hydrogen (secondary N) is 1. The van der Waals surface area contributed by atoms with Crippen molar-refractivity contribution in [3.63, 3.8) is 0 Å². The molecule has 4 heteroatoms. The van der Waals surface area contributed by atoms with Gasteiger partial charge in [-0.15, -0.1) is 0 Å². The molecule has 1 saturated carbocycles. The Morgan fingerprint density at radius 1 is 1.00 bits per heavy atom. The van der Waals surface area contributed by atoms with Crippen LogP contribution < -0.4 is 5.32 Å². The lowest BCUT2D eigenvalue weighted by Gasteiger charge is -2.16. The van der Waals surface area contributed by atoms with Gasteiger partial charge in [0.25, 0.3) is 5.91 Å². The van der Waals surface area contributed by atoms with Crippen LogP contribution >= 0.6 is 23.2 Å². The molecule has 98 valence electrons. The summed E-state index contributed by atoms with van der Waals surface area (Å²) in [5.41, 5.74) is 0.539. The fraction of sp³-hybridized carbons (Fsp3) is 0.500. The van der Waals surface area contributed by atoms with Gasteiger partial charge in [0.1, 0.15) is 0 Å². The van der Waals surface area contributed by atoms with Gasteiger partial charge < -0.3 is 5.32 Å². The van der Waals surface area contributed by atoms with Crippen LogP contribution in [0.2, 0.25) is 10.0 Å². The Morgan fingerprint density at radius 2 is 1.56 bits per heavy atom. The van der Waals surface area contributed by atoms with Gasteiger partial charge in [-0.1, -0.05) is 48.9 Å². The highest BCUT2D eigenvalue weighted by Crippen LogP contribution is 2.21. The maximum Gasteiger partial charge on any atom is 0.251 e. The molecule has 1 fully saturated rings. The minimum atomic E-state index is -0.0775. The van der Waals surface area contributed by atoms with E-state index < -0.39 is 0 Å². The first-order chi connectivity index (χ1) is 8.65. The first-order valence-corrected chi connectivity index (χ1v) is 7.18. The first kappa shape index (κ1) is 13.7. The Labute approximate surface area is 118 Å². The van der Waals surface area contributed by atoms with Gasteiger partial charge in [0.2, 0.25) is 0 Å². The number of hydrogen-bond acceptors (Lipinski definition) is 1. The number of carbonyl (C=O) groups excluding carboxylic acids is 1. The third-order valence-corrected chi connectivity index (χ3v) is 3.75. The summed E-state index contributed by atoms with van der Waals surface area (Å²) in [7, 11) is 0. The van der Waals surface area contributed by atoms with Crippen molar-refractivity contribution in [3.05, 3.63) is 33.8 Å². The van der Waals surface area contributed by atoms with Gasteiger partial charge >= 0.3 is 0 Å². The van der Waals surface area contributed by atoms with E-state index in [4.69, 9.17) is 23.2 Å². The van der Waals surface area contributed by atoms with Crippen LogP contribution in [-0.2, 0) is 0 Å². The molecule has 0 atom stereocenters. The zero-order valence-electron chi connectivity index (χ0n) is 10.2. The van der Waals surface area contributed by atoms with Crippen molar-refractivity contribution < 1.29 is 4.79 Å². The molecule has 1 aromatic rings. The topological polar surface area (TPSA) is 29.1 Å². The van der Waals surface area contributed by atoms with Crippen LogP contribution in [-0.4, -0.2) is 11.9 Å². The molecule has 0 radical (unpaired) electrons. The summed E-state index contributed by atoms with van der Waals surface area (Å²) in [6, 6.07) is 5.22. The summed E-state index contributed by atoms with van der Waals surface area (Å²) in [5, 5.41) is 4.06. The van der Waals surface area contributed by atoms with Crippen LogP contribution in [0.4, 0.5) is 0 Å². The van der Waals surface area contributed by atoms with Crippen LogP contribution in [0.25, 0.3) is 0 Å². The van der Waals surface area contributed by atoms with E-state index >= 15 is 0 Å². The Morgan fingerprint density at radius 3 is 2.11 bits per heavy atom. The van der Waals surface area contributed by atoms with E-state index in [0.29, 0.717) is 15.6 Å². The average molecular weight is 286 g/mol. The minimum absolute atomic E-state index is 0.0775. The second-order valence-corrected chi connectivity index (χ2v) is 5.69. The molecule has 0 bridgehead atoms.